The quantitative estimate of drug-likeness (QED) is 0.0830. The largest absolute Gasteiger partial charge is 0.394 e. The lowest BCUT2D eigenvalue weighted by Gasteiger charge is -2.39. The van der Waals surface area contributed by atoms with Crippen molar-refractivity contribution in [3.05, 3.63) is 0 Å². The molecule has 40 heavy (non-hydrogen) atoms. The lowest BCUT2D eigenvalue weighted by Crippen LogP contribution is -2.59. The predicted octanol–water partition coefficient (Wildman–Crippen LogP) is 5.34. The van der Waals surface area contributed by atoms with Crippen LogP contribution < -0.4 is 0 Å². The minimum Gasteiger partial charge on any atom is -0.394 e. The molecule has 0 aromatic carbocycles. The molecule has 0 unspecified atom stereocenters. The van der Waals surface area contributed by atoms with Gasteiger partial charge in [0.1, 0.15) is 30.2 Å². The zero-order valence-corrected chi connectivity index (χ0v) is 25.4. The molecule has 0 aliphatic carbocycles. The van der Waals surface area contributed by atoms with E-state index in [1.165, 1.54) is 103 Å². The summed E-state index contributed by atoms with van der Waals surface area (Å²) in [6.07, 6.45) is 19.4. The summed E-state index contributed by atoms with van der Waals surface area (Å²) in [7, 11) is 0. The summed E-state index contributed by atoms with van der Waals surface area (Å²) in [5.74, 6) is 0.101. The highest BCUT2D eigenvalue weighted by Gasteiger charge is 2.43. The van der Waals surface area contributed by atoms with Gasteiger partial charge in [0, 0.05) is 12.8 Å². The highest BCUT2D eigenvalue weighted by Crippen LogP contribution is 2.22. The van der Waals surface area contributed by atoms with Gasteiger partial charge in [0.05, 0.1) is 19.3 Å². The Kier molecular flexibility index (Phi) is 23.3. The maximum Gasteiger partial charge on any atom is 0.186 e. The monoisotopic (exact) mass is 574 g/mol. The van der Waals surface area contributed by atoms with Crippen LogP contribution in [0.5, 0.6) is 0 Å². The Morgan fingerprint density at radius 1 is 0.650 bits per heavy atom. The number of hydrogen-bond acceptors (Lipinski definition) is 8. The van der Waals surface area contributed by atoms with Crippen molar-refractivity contribution in [3.63, 3.8) is 0 Å². The molecule has 1 rings (SSSR count). The van der Waals surface area contributed by atoms with Gasteiger partial charge in [0.25, 0.3) is 0 Å². The zero-order valence-electron chi connectivity index (χ0n) is 25.4. The highest BCUT2D eigenvalue weighted by molar-refractivity contribution is 5.78. The Morgan fingerprint density at radius 2 is 1.07 bits per heavy atom. The topological polar surface area (TPSA) is 137 Å². The predicted molar refractivity (Wildman–Crippen MR) is 158 cm³/mol. The van der Waals surface area contributed by atoms with Gasteiger partial charge in [-0.05, 0) is 19.8 Å². The van der Waals surface area contributed by atoms with Crippen molar-refractivity contribution in [2.75, 3.05) is 13.2 Å². The van der Waals surface area contributed by atoms with Crippen LogP contribution in [0, 0.1) is 0 Å². The second-order valence-electron chi connectivity index (χ2n) is 12.0. The van der Waals surface area contributed by atoms with Crippen LogP contribution in [0.2, 0.25) is 0 Å². The van der Waals surface area contributed by atoms with E-state index in [1.54, 1.807) is 0 Å². The summed E-state index contributed by atoms with van der Waals surface area (Å²) in [5.41, 5.74) is 0. The molecular weight excluding hydrogens is 512 g/mol. The first kappa shape index (κ1) is 37.4. The van der Waals surface area contributed by atoms with Gasteiger partial charge in [-0.3, -0.25) is 4.79 Å². The van der Waals surface area contributed by atoms with Gasteiger partial charge < -0.3 is 35.0 Å². The van der Waals surface area contributed by atoms with Crippen molar-refractivity contribution in [3.8, 4) is 0 Å². The Bertz CT molecular complexity index is 585. The Morgan fingerprint density at radius 3 is 1.50 bits per heavy atom. The summed E-state index contributed by atoms with van der Waals surface area (Å²) >= 11 is 0. The van der Waals surface area contributed by atoms with E-state index in [4.69, 9.17) is 9.47 Å². The third kappa shape index (κ3) is 18.7. The number of Topliss-reactive ketones (excluding diaryl/α,β-unsaturated/α-hetero) is 1. The number of unbranched alkanes of at least 4 members (excludes halogenated alkanes) is 18. The first-order chi connectivity index (χ1) is 19.4. The van der Waals surface area contributed by atoms with E-state index >= 15 is 0 Å². The van der Waals surface area contributed by atoms with Crippen molar-refractivity contribution in [2.24, 2.45) is 0 Å². The number of aliphatic hydroxyl groups excluding tert-OH is 5. The number of aliphatic hydroxyl groups is 5. The first-order valence-electron chi connectivity index (χ1n) is 16.5. The number of hydrogen-bond donors (Lipinski definition) is 5. The van der Waals surface area contributed by atoms with Crippen LogP contribution in [0.4, 0.5) is 0 Å². The number of ether oxygens (including phenoxy) is 2. The smallest absolute Gasteiger partial charge is 0.186 e. The minimum atomic E-state index is -1.47. The fraction of sp³-hybridized carbons (Fsp3) is 0.969. The number of carbonyl (C=O) groups excluding carboxylic acids is 1. The molecule has 238 valence electrons. The number of carbonyl (C=O) groups is 1. The Labute approximate surface area is 243 Å². The standard InChI is InChI=1S/C32H62O8/c1-26(34)21-19-17-15-13-11-9-7-5-3-2-4-6-8-10-12-14-16-18-20-22-27(35)23-24-39-32-31(38)30(37)29(36)28(25-33)40-32/h26,28-34,36-38H,2-25H2,1H3/t26-,28+,29+,30-,31+,32-/m0/s1. The third-order valence-corrected chi connectivity index (χ3v) is 8.09. The SMILES string of the molecule is C[C@H](O)CCCCCCCCCCCCCCCCCCCCCC(=O)CCO[C@H]1O[C@H](CO)[C@@H](O)[C@H](O)[C@H]1O. The van der Waals surface area contributed by atoms with E-state index in [9.17, 15) is 30.3 Å². The molecule has 1 aliphatic rings. The average Bonchev–Trinajstić information content (AvgIpc) is 2.93. The van der Waals surface area contributed by atoms with E-state index in [1.807, 2.05) is 6.92 Å². The molecule has 0 aromatic rings. The van der Waals surface area contributed by atoms with Crippen LogP contribution >= 0.6 is 0 Å². The summed E-state index contributed by atoms with van der Waals surface area (Å²) in [5, 5.41) is 48.0. The Balaban J connectivity index is 1.80. The van der Waals surface area contributed by atoms with Crippen molar-refractivity contribution in [1.29, 1.82) is 0 Å². The van der Waals surface area contributed by atoms with Gasteiger partial charge in [-0.25, -0.2) is 0 Å². The van der Waals surface area contributed by atoms with Gasteiger partial charge in [0.2, 0.25) is 0 Å². The molecule has 0 radical (unpaired) electrons. The van der Waals surface area contributed by atoms with Crippen LogP contribution in [0.3, 0.4) is 0 Å². The maximum absolute atomic E-state index is 12.1. The van der Waals surface area contributed by atoms with Crippen LogP contribution in [0.15, 0.2) is 0 Å². The molecule has 8 nitrogen and oxygen atoms in total. The fourth-order valence-electron chi connectivity index (χ4n) is 5.39. The molecule has 1 heterocycles. The normalized spacial score (nSPS) is 23.9. The Hall–Kier alpha value is -0.610. The zero-order chi connectivity index (χ0) is 29.4. The molecule has 5 N–H and O–H groups in total. The van der Waals surface area contributed by atoms with Gasteiger partial charge in [0.15, 0.2) is 6.29 Å². The second kappa shape index (κ2) is 24.9. The maximum atomic E-state index is 12.1. The summed E-state index contributed by atoms with van der Waals surface area (Å²) < 4.78 is 10.7. The molecule has 1 saturated heterocycles. The number of rotatable bonds is 27. The fourth-order valence-corrected chi connectivity index (χ4v) is 5.39. The van der Waals surface area contributed by atoms with Crippen LogP contribution in [0.25, 0.3) is 0 Å². The van der Waals surface area contributed by atoms with Crippen LogP contribution in [-0.2, 0) is 14.3 Å². The highest BCUT2D eigenvalue weighted by atomic mass is 16.7. The van der Waals surface area contributed by atoms with Crippen molar-refractivity contribution < 1.29 is 39.8 Å². The average molecular weight is 575 g/mol. The molecule has 0 bridgehead atoms. The van der Waals surface area contributed by atoms with E-state index < -0.39 is 37.3 Å². The van der Waals surface area contributed by atoms with E-state index in [0.717, 1.165) is 25.7 Å². The third-order valence-electron chi connectivity index (χ3n) is 8.09. The number of ketones is 1. The molecule has 8 heteroatoms. The van der Waals surface area contributed by atoms with Gasteiger partial charge in [-0.15, -0.1) is 0 Å². The molecule has 0 saturated carbocycles. The van der Waals surface area contributed by atoms with Gasteiger partial charge >= 0.3 is 0 Å². The first-order valence-corrected chi connectivity index (χ1v) is 16.5. The second-order valence-corrected chi connectivity index (χ2v) is 12.0. The summed E-state index contributed by atoms with van der Waals surface area (Å²) in [6, 6.07) is 0. The van der Waals surface area contributed by atoms with Crippen LogP contribution in [0.1, 0.15) is 148 Å². The van der Waals surface area contributed by atoms with Crippen LogP contribution in [-0.4, -0.2) is 81.3 Å². The molecule has 0 amide bonds. The molecule has 6 atom stereocenters. The van der Waals surface area contributed by atoms with Crippen molar-refractivity contribution >= 4 is 5.78 Å². The molecule has 1 fully saturated rings. The molecule has 0 aromatic heterocycles. The van der Waals surface area contributed by atoms with Gasteiger partial charge in [-0.1, -0.05) is 116 Å². The lowest BCUT2D eigenvalue weighted by molar-refractivity contribution is -0.300. The molecule has 1 aliphatic heterocycles. The summed E-state index contributed by atoms with van der Waals surface area (Å²) in [6.45, 7) is 1.44. The van der Waals surface area contributed by atoms with Crippen molar-refractivity contribution in [1.82, 2.24) is 0 Å². The summed E-state index contributed by atoms with van der Waals surface area (Å²) in [4.78, 5) is 12.1. The molecule has 0 spiro atoms. The minimum absolute atomic E-state index is 0.0638. The van der Waals surface area contributed by atoms with Crippen molar-refractivity contribution in [2.45, 2.75) is 185 Å². The lowest BCUT2D eigenvalue weighted by atomic mass is 9.99. The van der Waals surface area contributed by atoms with Gasteiger partial charge in [-0.2, -0.15) is 0 Å². The van der Waals surface area contributed by atoms with E-state index in [-0.39, 0.29) is 24.9 Å². The van der Waals surface area contributed by atoms with E-state index in [2.05, 4.69) is 0 Å². The molecular formula is C32H62O8. The van der Waals surface area contributed by atoms with E-state index in [0.29, 0.717) is 6.42 Å².